The lowest BCUT2D eigenvalue weighted by atomic mass is 9.84. The van der Waals surface area contributed by atoms with Crippen molar-refractivity contribution in [1.29, 1.82) is 0 Å². The molecule has 1 heterocycles. The van der Waals surface area contributed by atoms with Crippen LogP contribution in [0.15, 0.2) is 131 Å². The molecule has 78 heavy (non-hydrogen) atoms. The lowest BCUT2D eigenvalue weighted by Gasteiger charge is -2.28. The molecule has 0 aliphatic heterocycles. The van der Waals surface area contributed by atoms with Gasteiger partial charge in [0.05, 0.1) is 22.3 Å². The number of terminal acetylenes is 1. The van der Waals surface area contributed by atoms with E-state index in [9.17, 15) is 30.0 Å². The predicted molar refractivity (Wildman–Crippen MR) is 308 cm³/mol. The number of anilines is 2. The zero-order valence-corrected chi connectivity index (χ0v) is 48.3. The number of halogens is 3. The van der Waals surface area contributed by atoms with Crippen molar-refractivity contribution >= 4 is 70.4 Å². The number of sulfonamides is 1. The highest BCUT2D eigenvalue weighted by Gasteiger charge is 2.32. The van der Waals surface area contributed by atoms with E-state index >= 15 is 0 Å². The topological polar surface area (TPSA) is 180 Å². The number of nitrogens with one attached hydrogen (secondary N) is 2. The summed E-state index contributed by atoms with van der Waals surface area (Å²) in [5.41, 5.74) is 11.2. The minimum atomic E-state index is -4.02. The third kappa shape index (κ3) is 23.0. The van der Waals surface area contributed by atoms with Gasteiger partial charge in [-0.25, -0.2) is 8.42 Å². The van der Waals surface area contributed by atoms with Crippen molar-refractivity contribution in [3.8, 4) is 23.5 Å². The highest BCUT2D eigenvalue weighted by Crippen LogP contribution is 2.33. The maximum absolute atomic E-state index is 13.3. The van der Waals surface area contributed by atoms with Gasteiger partial charge < -0.3 is 15.0 Å². The number of hydrogen-bond donors (Lipinski definition) is 3. The van der Waals surface area contributed by atoms with Crippen LogP contribution in [0.3, 0.4) is 0 Å². The highest BCUT2D eigenvalue weighted by atomic mass is 32.2. The Morgan fingerprint density at radius 3 is 1.83 bits per heavy atom. The van der Waals surface area contributed by atoms with Gasteiger partial charge in [-0.05, 0) is 161 Å². The summed E-state index contributed by atoms with van der Waals surface area (Å²) < 4.78 is 121. The van der Waals surface area contributed by atoms with Crippen LogP contribution in [0.4, 0.5) is 24.5 Å². The number of ether oxygens (including phenoxy) is 1. The number of nitrogens with zero attached hydrogens (tertiary/aromatic N) is 2. The third-order valence-electron chi connectivity index (χ3n) is 12.4. The van der Waals surface area contributed by atoms with Gasteiger partial charge in [-0.1, -0.05) is 113 Å². The summed E-state index contributed by atoms with van der Waals surface area (Å²) in [4.78, 5) is 2.53. The van der Waals surface area contributed by atoms with Crippen LogP contribution in [0.2, 0.25) is 0 Å². The van der Waals surface area contributed by atoms with Gasteiger partial charge in [0.25, 0.3) is 25.3 Å². The molecule has 6 aromatic rings. The van der Waals surface area contributed by atoms with E-state index < -0.39 is 37.4 Å². The van der Waals surface area contributed by atoms with E-state index in [-0.39, 0.29) is 15.0 Å². The van der Waals surface area contributed by atoms with Gasteiger partial charge in [0, 0.05) is 34.9 Å². The highest BCUT2D eigenvalue weighted by molar-refractivity contribution is 7.92. The Morgan fingerprint density at radius 2 is 1.35 bits per heavy atom. The summed E-state index contributed by atoms with van der Waals surface area (Å²) in [6.07, 6.45) is 16.6. The smallest absolute Gasteiger partial charge is 0.425 e. The van der Waals surface area contributed by atoms with Crippen molar-refractivity contribution in [3.63, 3.8) is 0 Å². The molecule has 1 unspecified atom stereocenters. The summed E-state index contributed by atoms with van der Waals surface area (Å²) in [5, 5.41) is 4.06. The molecule has 1 aliphatic carbocycles. The molecule has 0 radical (unpaired) electrons. The molecule has 1 atom stereocenters. The Morgan fingerprint density at radius 1 is 0.795 bits per heavy atom. The first-order chi connectivity index (χ1) is 37.1. The van der Waals surface area contributed by atoms with Gasteiger partial charge in [0.15, 0.2) is 5.69 Å². The number of benzene rings is 5. The number of aryl methyl sites for hydroxylation is 4. The van der Waals surface area contributed by atoms with Gasteiger partial charge in [-0.15, -0.1) is 19.1 Å². The molecule has 3 N–H and O–H groups in total. The van der Waals surface area contributed by atoms with E-state index in [0.717, 1.165) is 55.4 Å². The lowest BCUT2D eigenvalue weighted by molar-refractivity contribution is -0.668. The number of fused-ring (bicyclic) bond motifs is 2. The maximum Gasteiger partial charge on any atom is 0.425 e. The summed E-state index contributed by atoms with van der Waals surface area (Å²) in [6.45, 7) is 12.9. The van der Waals surface area contributed by atoms with Crippen LogP contribution >= 0.6 is 12.2 Å². The molecule has 20 heteroatoms. The minimum absolute atomic E-state index is 0.0666. The Hall–Kier alpha value is -6.21. The Balaban J connectivity index is 0.000000337. The van der Waals surface area contributed by atoms with Crippen molar-refractivity contribution < 1.29 is 56.5 Å². The second kappa shape index (κ2) is 33.9. The molecule has 0 bridgehead atoms. The molecule has 7 rings (SSSR count). The molecule has 0 fully saturated rings. The second-order valence-corrected chi connectivity index (χ2v) is 21.9. The van der Waals surface area contributed by atoms with Crippen molar-refractivity contribution in [2.75, 3.05) is 36.3 Å². The maximum atomic E-state index is 13.3. The number of unbranched alkanes of at least 4 members (excludes halogenated alkanes) is 2. The number of hydrogen-bond acceptors (Lipinski definition) is 10. The van der Waals surface area contributed by atoms with E-state index in [4.69, 9.17) is 40.6 Å². The van der Waals surface area contributed by atoms with Gasteiger partial charge in [-0.2, -0.15) is 26.2 Å². The minimum Gasteiger partial charge on any atom is -0.471 e. The monoisotopic (exact) mass is 1150 g/mol. The fourth-order valence-corrected chi connectivity index (χ4v) is 10.4. The van der Waals surface area contributed by atoms with Gasteiger partial charge in [-0.3, -0.25) is 9.27 Å². The Bertz CT molecular complexity index is 3160. The van der Waals surface area contributed by atoms with Crippen molar-refractivity contribution in [3.05, 3.63) is 149 Å². The molecule has 13 nitrogen and oxygen atoms in total. The van der Waals surface area contributed by atoms with Gasteiger partial charge in [0.1, 0.15) is 0 Å². The molecule has 5 aromatic carbocycles. The summed E-state index contributed by atoms with van der Waals surface area (Å²) in [6, 6.07) is 38.4. The number of alkyl halides is 3. The van der Waals surface area contributed by atoms with Crippen LogP contribution < -0.4 is 14.6 Å². The van der Waals surface area contributed by atoms with Crippen LogP contribution in [0.5, 0.6) is 0 Å². The third-order valence-corrected chi connectivity index (χ3v) is 14.9. The quantitative estimate of drug-likeness (QED) is 0.0321. The van der Waals surface area contributed by atoms with Crippen LogP contribution in [0.1, 0.15) is 107 Å². The number of aromatic nitrogens is 1. The first-order valence-electron chi connectivity index (χ1n) is 25.7. The fraction of sp³-hybridized carbons (Fsp3) is 0.379. The van der Waals surface area contributed by atoms with E-state index in [1.54, 1.807) is 36.4 Å². The summed E-state index contributed by atoms with van der Waals surface area (Å²) >= 11 is 5.12. The Labute approximate surface area is 466 Å². The average Bonchev–Trinajstić information content (AvgIpc) is 3.52. The zero-order valence-electron chi connectivity index (χ0n) is 45.1. The molecule has 1 aliphatic rings. The second-order valence-electron chi connectivity index (χ2n) is 18.0. The van der Waals surface area contributed by atoms with E-state index in [1.807, 2.05) is 26.0 Å². The molecule has 0 amide bonds. The van der Waals surface area contributed by atoms with Crippen LogP contribution in [0, 0.1) is 19.3 Å². The van der Waals surface area contributed by atoms with E-state index in [1.165, 1.54) is 90.2 Å². The SMILES string of the molecule is C#CC[n+]1c2c(cc3cc(NS(=O)(=O)c4cccc(NC(=S)OCC)c4)ccc31)CCCC2CN(CC)CC.CCCCc1ccc(-c2ccc(CCCC)cc2)cc1.Cc1ccc(S(=O)(=O)O)cc1.FC(F)F.O=S(=O)=O. The normalized spacial score (nSPS) is 12.6. The largest absolute Gasteiger partial charge is 0.471 e. The number of rotatable bonds is 18. The summed E-state index contributed by atoms with van der Waals surface area (Å²) in [5.74, 6) is 3.26. The van der Waals surface area contributed by atoms with Gasteiger partial charge in [0.2, 0.25) is 12.1 Å². The van der Waals surface area contributed by atoms with Crippen LogP contribution in [-0.4, -0.2) is 77.0 Å². The van der Waals surface area contributed by atoms with Crippen molar-refractivity contribution in [2.24, 2.45) is 0 Å². The molecule has 0 spiro atoms. The van der Waals surface area contributed by atoms with Crippen LogP contribution in [-0.2, 0) is 61.3 Å². The van der Waals surface area contributed by atoms with E-state index in [0.29, 0.717) is 30.4 Å². The van der Waals surface area contributed by atoms with E-state index in [2.05, 4.69) is 108 Å². The predicted octanol–water partition coefficient (Wildman–Crippen LogP) is 12.5. The molecule has 422 valence electrons. The standard InChI is InChI=1S/C30H36N4O3S2.C20H26.C7H8O3S.CHF3.O3S/c1-5-17-34-28-16-15-26(32-39(35,36)27-14-10-13-25(20-27)31-30(38)37-8-4)19-24(28)18-22-11-9-12-23(29(22)34)21-33(6-2)7-3;1-3-5-7-17-9-13-19(14-10-17)20-15-11-18(12-16-20)8-6-4-2;1-6-2-4-7(5-3-6)11(8,9)10;2-1(3)4;1-4(2)3/h1,10,13-16,18-20,23,32H,6-9,11-12,17,21H2,2-4H3;9-16H,3-8H2,1-2H3;2-5H,1H3,(H,8,9,10);1H;/p+1. The number of thiocarbonyl (C=S) groups is 1. The van der Waals surface area contributed by atoms with Crippen LogP contribution in [0.25, 0.3) is 22.0 Å². The summed E-state index contributed by atoms with van der Waals surface area (Å²) in [7, 11) is -11.0. The first-order valence-corrected chi connectivity index (χ1v) is 30.1. The molecular formula is C58H72F3N4O9S4+. The Kier molecular flexibility index (Phi) is 28.8. The average molecular weight is 1150 g/mol. The fourth-order valence-electron chi connectivity index (χ4n) is 8.58. The lowest BCUT2D eigenvalue weighted by Crippen LogP contribution is -2.44. The first kappa shape index (κ1) is 66.1. The number of likely N-dealkylation sites (N-methyl/N-ethyl adjacent to an activating group) is 1. The molecule has 0 saturated carbocycles. The molecule has 0 saturated heterocycles. The molecule has 1 aromatic heterocycles. The van der Waals surface area contributed by atoms with Gasteiger partial charge >= 0.3 is 17.3 Å². The molecular weight excluding hydrogens is 1080 g/mol. The van der Waals surface area contributed by atoms with Crippen molar-refractivity contribution in [2.45, 2.75) is 128 Å². The van der Waals surface area contributed by atoms with Crippen molar-refractivity contribution in [1.82, 2.24) is 4.90 Å². The number of pyridine rings is 1. The zero-order chi connectivity index (χ0) is 57.8.